The number of hydrogen-bond donors (Lipinski definition) is 1. The van der Waals surface area contributed by atoms with Crippen LogP contribution in [0.4, 0.5) is 0 Å². The molecule has 0 bridgehead atoms. The smallest absolute Gasteiger partial charge is 0.246 e. The van der Waals surface area contributed by atoms with Crippen molar-refractivity contribution in [3.8, 4) is 0 Å². The minimum Gasteiger partial charge on any atom is -0.354 e. The lowest BCUT2D eigenvalue weighted by atomic mass is 10.3. The van der Waals surface area contributed by atoms with Crippen LogP contribution in [0.15, 0.2) is 11.0 Å². The molecule has 3 rings (SSSR count). The predicted octanol–water partition coefficient (Wildman–Crippen LogP) is 2.64. The Bertz CT molecular complexity index is 688. The van der Waals surface area contributed by atoms with E-state index in [4.69, 9.17) is 23.2 Å². The Morgan fingerprint density at radius 3 is 2.73 bits per heavy atom. The largest absolute Gasteiger partial charge is 0.354 e. The summed E-state index contributed by atoms with van der Waals surface area (Å²) in [6.07, 6.45) is 2.26. The molecule has 1 N–H and O–H groups in total. The number of thiophene rings is 1. The van der Waals surface area contributed by atoms with E-state index in [1.165, 1.54) is 22.1 Å². The lowest BCUT2D eigenvalue weighted by Gasteiger charge is -2.22. The minimum absolute atomic E-state index is 0.0216. The molecule has 1 amide bonds. The molecule has 0 spiro atoms. The van der Waals surface area contributed by atoms with Crippen molar-refractivity contribution in [2.45, 2.75) is 23.8 Å². The Kier molecular flexibility index (Phi) is 4.97. The van der Waals surface area contributed by atoms with Gasteiger partial charge in [0.25, 0.3) is 0 Å². The molecule has 0 radical (unpaired) electrons. The number of carbonyl (C=O) groups excluding carboxylic acids is 1. The number of thioether (sulfide) groups is 1. The first-order valence-corrected chi connectivity index (χ1v) is 10.9. The molecule has 122 valence electrons. The monoisotopic (exact) mass is 400 g/mol. The highest BCUT2D eigenvalue weighted by molar-refractivity contribution is 8.00. The number of hydrogen-bond acceptors (Lipinski definition) is 5. The summed E-state index contributed by atoms with van der Waals surface area (Å²) in [6.45, 7) is 0.624. The van der Waals surface area contributed by atoms with Crippen molar-refractivity contribution in [1.82, 2.24) is 9.62 Å². The molecule has 10 heteroatoms. The van der Waals surface area contributed by atoms with Crippen LogP contribution in [0.25, 0.3) is 0 Å². The second-order valence-electron chi connectivity index (χ2n) is 5.28. The zero-order chi connectivity index (χ0) is 15.9. The number of nitrogens with one attached hydrogen (secondary N) is 1. The van der Waals surface area contributed by atoms with E-state index in [9.17, 15) is 13.2 Å². The van der Waals surface area contributed by atoms with Crippen molar-refractivity contribution >= 4 is 62.2 Å². The molecule has 1 atom stereocenters. The fraction of sp³-hybridized carbons (Fsp3) is 0.583. The average molecular weight is 401 g/mol. The summed E-state index contributed by atoms with van der Waals surface area (Å²) in [5.41, 5.74) is 0. The quantitative estimate of drug-likeness (QED) is 0.824. The molecule has 1 aromatic heterocycles. The third-order valence-corrected chi connectivity index (χ3v) is 8.40. The minimum atomic E-state index is -3.82. The molecular formula is C12H14Cl2N2O3S3. The van der Waals surface area contributed by atoms with E-state index in [1.807, 2.05) is 0 Å². The topological polar surface area (TPSA) is 66.5 Å². The van der Waals surface area contributed by atoms with Crippen LogP contribution in [0.2, 0.25) is 8.67 Å². The van der Waals surface area contributed by atoms with Gasteiger partial charge >= 0.3 is 0 Å². The molecule has 2 heterocycles. The van der Waals surface area contributed by atoms with Gasteiger partial charge in [-0.15, -0.1) is 23.1 Å². The molecule has 0 aromatic carbocycles. The highest BCUT2D eigenvalue weighted by atomic mass is 35.5. The Hall–Kier alpha value is 0.01000. The van der Waals surface area contributed by atoms with Crippen LogP contribution in [0, 0.1) is 5.92 Å². The van der Waals surface area contributed by atoms with Crippen LogP contribution in [0.3, 0.4) is 0 Å². The summed E-state index contributed by atoms with van der Waals surface area (Å²) < 4.78 is 27.1. The van der Waals surface area contributed by atoms with Gasteiger partial charge in [-0.3, -0.25) is 4.79 Å². The van der Waals surface area contributed by atoms with Crippen molar-refractivity contribution in [3.05, 3.63) is 14.7 Å². The average Bonchev–Trinajstić information content (AvgIpc) is 3.01. The van der Waals surface area contributed by atoms with Crippen molar-refractivity contribution in [2.24, 2.45) is 5.92 Å². The summed E-state index contributed by atoms with van der Waals surface area (Å²) in [5, 5.41) is 2.85. The fourth-order valence-electron chi connectivity index (χ4n) is 2.18. The number of nitrogens with zero attached hydrogens (tertiary/aromatic N) is 1. The van der Waals surface area contributed by atoms with Gasteiger partial charge in [-0.1, -0.05) is 23.2 Å². The third kappa shape index (κ3) is 3.42. The first-order chi connectivity index (χ1) is 10.4. The maximum Gasteiger partial charge on any atom is 0.246 e. The highest BCUT2D eigenvalue weighted by Crippen LogP contribution is 2.38. The van der Waals surface area contributed by atoms with Gasteiger partial charge in [0.2, 0.25) is 15.9 Å². The van der Waals surface area contributed by atoms with Crippen molar-refractivity contribution in [1.29, 1.82) is 0 Å². The first kappa shape index (κ1) is 16.9. The fourth-order valence-corrected chi connectivity index (χ4v) is 7.45. The second-order valence-corrected chi connectivity index (χ2v) is 10.4. The summed E-state index contributed by atoms with van der Waals surface area (Å²) >= 11 is 14.2. The number of rotatable bonds is 5. The van der Waals surface area contributed by atoms with Gasteiger partial charge < -0.3 is 5.32 Å². The second kappa shape index (κ2) is 6.49. The van der Waals surface area contributed by atoms with E-state index in [0.717, 1.165) is 24.2 Å². The van der Waals surface area contributed by atoms with Gasteiger partial charge in [-0.25, -0.2) is 8.42 Å². The van der Waals surface area contributed by atoms with E-state index in [1.54, 1.807) is 0 Å². The van der Waals surface area contributed by atoms with Crippen LogP contribution < -0.4 is 5.32 Å². The van der Waals surface area contributed by atoms with E-state index >= 15 is 0 Å². The summed E-state index contributed by atoms with van der Waals surface area (Å²) in [4.78, 5) is 12.2. The zero-order valence-electron chi connectivity index (χ0n) is 11.4. The predicted molar refractivity (Wildman–Crippen MR) is 90.2 cm³/mol. The molecule has 1 aliphatic carbocycles. The van der Waals surface area contributed by atoms with Gasteiger partial charge in [0, 0.05) is 12.3 Å². The molecular weight excluding hydrogens is 387 g/mol. The van der Waals surface area contributed by atoms with Crippen molar-refractivity contribution in [2.75, 3.05) is 18.2 Å². The number of carbonyl (C=O) groups is 1. The molecule has 1 saturated carbocycles. The van der Waals surface area contributed by atoms with Crippen LogP contribution >= 0.6 is 46.3 Å². The molecule has 22 heavy (non-hydrogen) atoms. The Labute approximate surface area is 147 Å². The Morgan fingerprint density at radius 1 is 1.41 bits per heavy atom. The van der Waals surface area contributed by atoms with Crippen LogP contribution in [0.5, 0.6) is 0 Å². The molecule has 1 saturated heterocycles. The van der Waals surface area contributed by atoms with Crippen LogP contribution in [0.1, 0.15) is 12.8 Å². The zero-order valence-corrected chi connectivity index (χ0v) is 15.4. The van der Waals surface area contributed by atoms with Crippen LogP contribution in [-0.4, -0.2) is 42.8 Å². The lowest BCUT2D eigenvalue weighted by molar-refractivity contribution is -0.123. The third-order valence-electron chi connectivity index (χ3n) is 3.62. The first-order valence-electron chi connectivity index (χ1n) is 6.71. The van der Waals surface area contributed by atoms with Gasteiger partial charge in [0.1, 0.15) is 15.3 Å². The molecule has 1 unspecified atom stereocenters. The Morgan fingerprint density at radius 2 is 2.14 bits per heavy atom. The van der Waals surface area contributed by atoms with Crippen LogP contribution in [-0.2, 0) is 14.8 Å². The molecule has 5 nitrogen and oxygen atoms in total. The van der Waals surface area contributed by atoms with Crippen molar-refractivity contribution < 1.29 is 13.2 Å². The van der Waals surface area contributed by atoms with E-state index in [-0.39, 0.29) is 21.0 Å². The Balaban J connectivity index is 1.79. The SMILES string of the molecule is O=C(NCC1CC1)C1CSCN1S(=O)(=O)c1cc(Cl)sc1Cl. The summed E-state index contributed by atoms with van der Waals surface area (Å²) in [7, 11) is -3.82. The maximum absolute atomic E-state index is 12.7. The van der Waals surface area contributed by atoms with E-state index in [0.29, 0.717) is 22.6 Å². The summed E-state index contributed by atoms with van der Waals surface area (Å²) in [6, 6.07) is 0.648. The molecule has 2 fully saturated rings. The molecule has 1 aromatic rings. The number of halogens is 2. The number of sulfonamides is 1. The summed E-state index contributed by atoms with van der Waals surface area (Å²) in [5.74, 6) is 1.00. The highest BCUT2D eigenvalue weighted by Gasteiger charge is 2.41. The maximum atomic E-state index is 12.7. The molecule has 2 aliphatic rings. The standard InChI is InChI=1S/C12H14Cl2N2O3S3/c13-10-3-9(11(14)21-10)22(18,19)16-6-20-5-8(16)12(17)15-4-7-1-2-7/h3,7-8H,1-2,4-6H2,(H,15,17). The van der Waals surface area contributed by atoms with Crippen molar-refractivity contribution in [3.63, 3.8) is 0 Å². The van der Waals surface area contributed by atoms with E-state index < -0.39 is 16.1 Å². The van der Waals surface area contributed by atoms with E-state index in [2.05, 4.69) is 5.32 Å². The number of amides is 1. The van der Waals surface area contributed by atoms with Gasteiger partial charge in [0.15, 0.2) is 0 Å². The normalized spacial score (nSPS) is 22.9. The van der Waals surface area contributed by atoms with Gasteiger partial charge in [-0.05, 0) is 24.8 Å². The van der Waals surface area contributed by atoms with Gasteiger partial charge in [0.05, 0.1) is 10.2 Å². The lowest BCUT2D eigenvalue weighted by Crippen LogP contribution is -2.47. The molecule has 1 aliphatic heterocycles. The van der Waals surface area contributed by atoms with Gasteiger partial charge in [-0.2, -0.15) is 4.31 Å².